The molecule has 0 aliphatic rings. The van der Waals surface area contributed by atoms with Crippen molar-refractivity contribution in [1.29, 1.82) is 0 Å². The average Bonchev–Trinajstić information content (AvgIpc) is 2.54. The van der Waals surface area contributed by atoms with Crippen LogP contribution in [0.3, 0.4) is 0 Å². The van der Waals surface area contributed by atoms with E-state index in [0.717, 1.165) is 29.3 Å². The van der Waals surface area contributed by atoms with E-state index in [1.165, 1.54) is 19.3 Å². The first-order valence-corrected chi connectivity index (χ1v) is 6.49. The summed E-state index contributed by atoms with van der Waals surface area (Å²) in [6, 6.07) is 0. The van der Waals surface area contributed by atoms with E-state index in [2.05, 4.69) is 32.9 Å². The highest BCUT2D eigenvalue weighted by Crippen LogP contribution is 2.31. The zero-order chi connectivity index (χ0) is 12.2. The summed E-state index contributed by atoms with van der Waals surface area (Å²) in [6.07, 6.45) is 5.79. The topological polar surface area (TPSA) is 26.0 Å². The van der Waals surface area contributed by atoms with Gasteiger partial charge in [0.25, 0.3) is 0 Å². The molecule has 0 atom stereocenters. The van der Waals surface area contributed by atoms with Gasteiger partial charge in [0.05, 0.1) is 0 Å². The number of hydrogen-bond acceptors (Lipinski definition) is 2. The predicted octanol–water partition coefficient (Wildman–Crippen LogP) is 4.75. The Balaban J connectivity index is 2.59. The average molecular weight is 244 g/mol. The van der Waals surface area contributed by atoms with Crippen molar-refractivity contribution < 1.29 is 4.52 Å². The van der Waals surface area contributed by atoms with Crippen molar-refractivity contribution in [2.45, 2.75) is 65.2 Å². The molecule has 0 aromatic carbocycles. The third kappa shape index (κ3) is 3.51. The molecule has 0 spiro atoms. The Hall–Kier alpha value is -0.500. The highest BCUT2D eigenvalue weighted by Gasteiger charge is 2.24. The maximum Gasteiger partial charge on any atom is 0.155 e. The lowest BCUT2D eigenvalue weighted by Crippen LogP contribution is -2.12. The molecular weight excluding hydrogens is 222 g/mol. The van der Waals surface area contributed by atoms with E-state index >= 15 is 0 Å². The van der Waals surface area contributed by atoms with Crippen LogP contribution in [-0.2, 0) is 11.8 Å². The Bertz CT molecular complexity index is 325. The van der Waals surface area contributed by atoms with Crippen LogP contribution in [0.1, 0.15) is 64.8 Å². The van der Waals surface area contributed by atoms with E-state index in [-0.39, 0.29) is 5.41 Å². The molecule has 0 unspecified atom stereocenters. The Morgan fingerprint density at radius 3 is 2.38 bits per heavy atom. The molecule has 1 aromatic heterocycles. The minimum absolute atomic E-state index is 0.0394. The highest BCUT2D eigenvalue weighted by atomic mass is 35.5. The van der Waals surface area contributed by atoms with Gasteiger partial charge in [-0.3, -0.25) is 0 Å². The number of rotatable bonds is 5. The number of aromatic nitrogens is 1. The SMILES string of the molecule is CCCCCCc1onc(C(C)(C)C)c1Cl. The predicted molar refractivity (Wildman–Crippen MR) is 68.1 cm³/mol. The summed E-state index contributed by atoms with van der Waals surface area (Å²) in [5, 5.41) is 4.80. The molecule has 92 valence electrons. The number of aryl methyl sites for hydroxylation is 1. The largest absolute Gasteiger partial charge is 0.359 e. The van der Waals surface area contributed by atoms with Gasteiger partial charge in [-0.15, -0.1) is 0 Å². The maximum atomic E-state index is 6.27. The van der Waals surface area contributed by atoms with Crippen LogP contribution >= 0.6 is 11.6 Å². The first-order chi connectivity index (χ1) is 7.46. The van der Waals surface area contributed by atoms with Crippen molar-refractivity contribution in [2.24, 2.45) is 0 Å². The van der Waals surface area contributed by atoms with Gasteiger partial charge in [-0.25, -0.2) is 0 Å². The number of hydrogen-bond donors (Lipinski definition) is 0. The van der Waals surface area contributed by atoms with Gasteiger partial charge in [0.15, 0.2) is 5.76 Å². The van der Waals surface area contributed by atoms with Crippen molar-refractivity contribution in [3.8, 4) is 0 Å². The van der Waals surface area contributed by atoms with Gasteiger partial charge in [0.2, 0.25) is 0 Å². The molecule has 0 fully saturated rings. The summed E-state index contributed by atoms with van der Waals surface area (Å²) in [5.41, 5.74) is 0.835. The fourth-order valence-corrected chi connectivity index (χ4v) is 2.09. The van der Waals surface area contributed by atoms with Gasteiger partial charge in [-0.2, -0.15) is 0 Å². The lowest BCUT2D eigenvalue weighted by Gasteiger charge is -2.14. The molecule has 0 radical (unpaired) electrons. The zero-order valence-electron chi connectivity index (χ0n) is 10.8. The Morgan fingerprint density at radius 2 is 1.88 bits per heavy atom. The van der Waals surface area contributed by atoms with Crippen molar-refractivity contribution in [3.63, 3.8) is 0 Å². The van der Waals surface area contributed by atoms with Gasteiger partial charge in [0.1, 0.15) is 10.7 Å². The van der Waals surface area contributed by atoms with Crippen molar-refractivity contribution in [2.75, 3.05) is 0 Å². The van der Waals surface area contributed by atoms with Gasteiger partial charge in [-0.1, -0.05) is 63.7 Å². The van der Waals surface area contributed by atoms with Crippen LogP contribution in [0, 0.1) is 0 Å². The summed E-state index contributed by atoms with van der Waals surface area (Å²) >= 11 is 6.27. The molecule has 0 aliphatic heterocycles. The van der Waals surface area contributed by atoms with Gasteiger partial charge < -0.3 is 4.52 Å². The molecule has 0 amide bonds. The fourth-order valence-electron chi connectivity index (χ4n) is 1.65. The van der Waals surface area contributed by atoms with Gasteiger partial charge >= 0.3 is 0 Å². The summed E-state index contributed by atoms with van der Waals surface area (Å²) in [6.45, 7) is 8.49. The third-order valence-electron chi connectivity index (χ3n) is 2.67. The Kier molecular flexibility index (Phi) is 4.85. The normalized spacial score (nSPS) is 12.1. The second-order valence-corrected chi connectivity index (χ2v) is 5.71. The van der Waals surface area contributed by atoms with Crippen LogP contribution in [-0.4, -0.2) is 5.16 Å². The molecule has 0 bridgehead atoms. The second-order valence-electron chi connectivity index (χ2n) is 5.33. The van der Waals surface area contributed by atoms with Crippen molar-refractivity contribution in [1.82, 2.24) is 5.16 Å². The lowest BCUT2D eigenvalue weighted by atomic mass is 9.92. The number of unbranched alkanes of at least 4 members (excludes halogenated alkanes) is 3. The van der Waals surface area contributed by atoms with Crippen LogP contribution in [0.25, 0.3) is 0 Å². The fraction of sp³-hybridized carbons (Fsp3) is 0.769. The van der Waals surface area contributed by atoms with E-state index in [4.69, 9.17) is 16.1 Å². The molecule has 0 saturated heterocycles. The second kappa shape index (κ2) is 5.72. The quantitative estimate of drug-likeness (QED) is 0.698. The van der Waals surface area contributed by atoms with Crippen LogP contribution in [0.2, 0.25) is 5.02 Å². The van der Waals surface area contributed by atoms with Crippen molar-refractivity contribution >= 4 is 11.6 Å². The Morgan fingerprint density at radius 1 is 1.19 bits per heavy atom. The summed E-state index contributed by atoms with van der Waals surface area (Å²) in [5.74, 6) is 0.850. The maximum absolute atomic E-state index is 6.27. The molecule has 0 N–H and O–H groups in total. The summed E-state index contributed by atoms with van der Waals surface area (Å²) < 4.78 is 5.32. The molecule has 2 nitrogen and oxygen atoms in total. The molecule has 1 heterocycles. The molecule has 0 saturated carbocycles. The van der Waals surface area contributed by atoms with Gasteiger partial charge in [-0.05, 0) is 6.42 Å². The minimum Gasteiger partial charge on any atom is -0.359 e. The molecule has 16 heavy (non-hydrogen) atoms. The summed E-state index contributed by atoms with van der Waals surface area (Å²) in [4.78, 5) is 0. The monoisotopic (exact) mass is 243 g/mol. The molecule has 0 aliphatic carbocycles. The Labute approximate surface area is 103 Å². The first kappa shape index (κ1) is 13.6. The number of nitrogens with zero attached hydrogens (tertiary/aromatic N) is 1. The minimum atomic E-state index is -0.0394. The molecule has 1 rings (SSSR count). The molecular formula is C13H22ClNO. The van der Waals surface area contributed by atoms with Crippen LogP contribution in [0.5, 0.6) is 0 Å². The van der Waals surface area contributed by atoms with Gasteiger partial charge in [0, 0.05) is 11.8 Å². The lowest BCUT2D eigenvalue weighted by molar-refractivity contribution is 0.361. The molecule has 3 heteroatoms. The zero-order valence-corrected chi connectivity index (χ0v) is 11.5. The van der Waals surface area contributed by atoms with Crippen LogP contribution < -0.4 is 0 Å². The van der Waals surface area contributed by atoms with Crippen LogP contribution in [0.4, 0.5) is 0 Å². The first-order valence-electron chi connectivity index (χ1n) is 6.11. The van der Waals surface area contributed by atoms with E-state index < -0.39 is 0 Å². The van der Waals surface area contributed by atoms with E-state index in [9.17, 15) is 0 Å². The third-order valence-corrected chi connectivity index (χ3v) is 3.06. The van der Waals surface area contributed by atoms with E-state index in [1.807, 2.05) is 0 Å². The smallest absolute Gasteiger partial charge is 0.155 e. The van der Waals surface area contributed by atoms with Crippen molar-refractivity contribution in [3.05, 3.63) is 16.5 Å². The van der Waals surface area contributed by atoms with Crippen LogP contribution in [0.15, 0.2) is 4.52 Å². The van der Waals surface area contributed by atoms with E-state index in [0.29, 0.717) is 0 Å². The summed E-state index contributed by atoms with van der Waals surface area (Å²) in [7, 11) is 0. The number of halogens is 1. The molecule has 1 aromatic rings. The van der Waals surface area contributed by atoms with E-state index in [1.54, 1.807) is 0 Å². The standard InChI is InChI=1S/C13H22ClNO/c1-5-6-7-8-9-10-11(14)12(15-16-10)13(2,3)4/h5-9H2,1-4H3. The highest BCUT2D eigenvalue weighted by molar-refractivity contribution is 6.31.